The second-order valence-corrected chi connectivity index (χ2v) is 5.10. The number of rotatable bonds is 8. The number of hydrogen-bond acceptors (Lipinski definition) is 2. The molecule has 0 aromatic carbocycles. The van der Waals surface area contributed by atoms with Crippen LogP contribution in [0.15, 0.2) is 17.5 Å². The Hall–Kier alpha value is -1.03. The molecule has 1 heterocycles. The van der Waals surface area contributed by atoms with E-state index in [0.717, 1.165) is 19.4 Å². The summed E-state index contributed by atoms with van der Waals surface area (Å²) in [5, 5.41) is 7.80. The molecule has 0 aliphatic heterocycles. The molecule has 0 radical (unpaired) electrons. The summed E-state index contributed by atoms with van der Waals surface area (Å²) in [7, 11) is 0. The van der Waals surface area contributed by atoms with Crippen molar-refractivity contribution >= 4 is 17.4 Å². The lowest BCUT2D eigenvalue weighted by atomic mass is 10.2. The molecule has 0 aliphatic rings. The van der Waals surface area contributed by atoms with Crippen molar-refractivity contribution in [1.29, 1.82) is 0 Å². The molecule has 96 valence electrons. The Bertz CT molecular complexity index is 298. The summed E-state index contributed by atoms with van der Waals surface area (Å²) in [6, 6.07) is 4.08. The Labute approximate surface area is 108 Å². The summed E-state index contributed by atoms with van der Waals surface area (Å²) in [5.74, 6) is 0. The van der Waals surface area contributed by atoms with Gasteiger partial charge in [0, 0.05) is 18.0 Å². The van der Waals surface area contributed by atoms with Crippen LogP contribution in [0.5, 0.6) is 0 Å². The summed E-state index contributed by atoms with van der Waals surface area (Å²) in [4.78, 5) is 12.7. The van der Waals surface area contributed by atoms with Crippen LogP contribution in [0.1, 0.15) is 37.5 Å². The minimum absolute atomic E-state index is 0.0435. The molecule has 0 aliphatic carbocycles. The normalized spacial score (nSPS) is 10.2. The molecular formula is C13H22N2OS. The first-order valence-electron chi connectivity index (χ1n) is 6.37. The molecule has 1 rings (SSSR count). The van der Waals surface area contributed by atoms with Gasteiger partial charge in [-0.1, -0.05) is 32.3 Å². The van der Waals surface area contributed by atoms with E-state index in [9.17, 15) is 4.79 Å². The van der Waals surface area contributed by atoms with Crippen LogP contribution in [0.25, 0.3) is 0 Å². The lowest BCUT2D eigenvalue weighted by Gasteiger charge is -2.06. The van der Waals surface area contributed by atoms with Crippen molar-refractivity contribution in [1.82, 2.24) is 10.6 Å². The van der Waals surface area contributed by atoms with Gasteiger partial charge in [0.15, 0.2) is 0 Å². The van der Waals surface area contributed by atoms with Gasteiger partial charge in [0.2, 0.25) is 0 Å². The maximum Gasteiger partial charge on any atom is 0.314 e. The van der Waals surface area contributed by atoms with E-state index in [0.29, 0.717) is 6.54 Å². The van der Waals surface area contributed by atoms with Gasteiger partial charge in [0.25, 0.3) is 0 Å². The summed E-state index contributed by atoms with van der Waals surface area (Å²) in [6.45, 7) is 3.68. The van der Waals surface area contributed by atoms with Crippen molar-refractivity contribution in [2.75, 3.05) is 13.1 Å². The Morgan fingerprint density at radius 1 is 1.24 bits per heavy atom. The van der Waals surface area contributed by atoms with E-state index in [-0.39, 0.29) is 6.03 Å². The molecule has 3 nitrogen and oxygen atoms in total. The average Bonchev–Trinajstić information content (AvgIpc) is 2.82. The molecule has 0 fully saturated rings. The van der Waals surface area contributed by atoms with Crippen LogP contribution in [-0.4, -0.2) is 19.1 Å². The zero-order valence-electron chi connectivity index (χ0n) is 10.5. The van der Waals surface area contributed by atoms with E-state index >= 15 is 0 Å². The molecule has 0 spiro atoms. The largest absolute Gasteiger partial charge is 0.338 e. The molecule has 0 saturated heterocycles. The lowest BCUT2D eigenvalue weighted by Crippen LogP contribution is -2.37. The van der Waals surface area contributed by atoms with Crippen LogP contribution >= 0.6 is 11.3 Å². The zero-order chi connectivity index (χ0) is 12.3. The Morgan fingerprint density at radius 2 is 2.06 bits per heavy atom. The fourth-order valence-corrected chi connectivity index (χ4v) is 2.28. The molecule has 17 heavy (non-hydrogen) atoms. The van der Waals surface area contributed by atoms with Gasteiger partial charge in [-0.15, -0.1) is 11.3 Å². The van der Waals surface area contributed by atoms with Gasteiger partial charge in [0.05, 0.1) is 0 Å². The van der Waals surface area contributed by atoms with Crippen molar-refractivity contribution < 1.29 is 4.79 Å². The van der Waals surface area contributed by atoms with Crippen molar-refractivity contribution in [3.05, 3.63) is 22.4 Å². The molecule has 0 unspecified atom stereocenters. The van der Waals surface area contributed by atoms with Crippen molar-refractivity contribution in [3.63, 3.8) is 0 Å². The van der Waals surface area contributed by atoms with Crippen molar-refractivity contribution in [2.45, 2.75) is 39.0 Å². The second-order valence-electron chi connectivity index (χ2n) is 4.07. The second kappa shape index (κ2) is 9.05. The predicted molar refractivity (Wildman–Crippen MR) is 73.6 cm³/mol. The molecule has 1 aromatic rings. The van der Waals surface area contributed by atoms with Crippen LogP contribution in [0.3, 0.4) is 0 Å². The van der Waals surface area contributed by atoms with Crippen LogP contribution in [0, 0.1) is 0 Å². The number of carbonyl (C=O) groups excluding carboxylic acids is 1. The summed E-state index contributed by atoms with van der Waals surface area (Å²) in [5.41, 5.74) is 0. The maximum absolute atomic E-state index is 11.4. The highest BCUT2D eigenvalue weighted by atomic mass is 32.1. The molecule has 2 N–H and O–H groups in total. The lowest BCUT2D eigenvalue weighted by molar-refractivity contribution is 0.241. The van der Waals surface area contributed by atoms with Gasteiger partial charge in [0.1, 0.15) is 0 Å². The molecular weight excluding hydrogens is 232 g/mol. The van der Waals surface area contributed by atoms with Crippen LogP contribution in [0.2, 0.25) is 0 Å². The zero-order valence-corrected chi connectivity index (χ0v) is 11.3. The fraction of sp³-hybridized carbons (Fsp3) is 0.615. The van der Waals surface area contributed by atoms with E-state index < -0.39 is 0 Å². The first-order valence-corrected chi connectivity index (χ1v) is 7.25. The van der Waals surface area contributed by atoms with E-state index in [1.807, 2.05) is 6.07 Å². The van der Waals surface area contributed by atoms with E-state index in [2.05, 4.69) is 29.0 Å². The molecule has 0 atom stereocenters. The number of urea groups is 1. The highest BCUT2D eigenvalue weighted by molar-refractivity contribution is 7.09. The third kappa shape index (κ3) is 7.00. The Kier molecular flexibility index (Phi) is 7.47. The van der Waals surface area contributed by atoms with E-state index in [4.69, 9.17) is 0 Å². The maximum atomic E-state index is 11.4. The highest BCUT2D eigenvalue weighted by Crippen LogP contribution is 2.07. The quantitative estimate of drug-likeness (QED) is 0.687. The van der Waals surface area contributed by atoms with Gasteiger partial charge < -0.3 is 10.6 Å². The van der Waals surface area contributed by atoms with Gasteiger partial charge in [-0.2, -0.15) is 0 Å². The smallest absolute Gasteiger partial charge is 0.314 e. The SMILES string of the molecule is CCCCCCNC(=O)NCCc1cccs1. The summed E-state index contributed by atoms with van der Waals surface area (Å²) >= 11 is 1.73. The van der Waals surface area contributed by atoms with Gasteiger partial charge in [-0.25, -0.2) is 4.79 Å². The van der Waals surface area contributed by atoms with Crippen molar-refractivity contribution in [3.8, 4) is 0 Å². The van der Waals surface area contributed by atoms with Crippen LogP contribution in [-0.2, 0) is 6.42 Å². The molecule has 1 aromatic heterocycles. The van der Waals surface area contributed by atoms with E-state index in [1.165, 1.54) is 24.1 Å². The third-order valence-corrected chi connectivity index (χ3v) is 3.49. The topological polar surface area (TPSA) is 41.1 Å². The minimum atomic E-state index is -0.0435. The predicted octanol–water partition coefficient (Wildman–Crippen LogP) is 3.17. The van der Waals surface area contributed by atoms with Crippen LogP contribution in [0.4, 0.5) is 4.79 Å². The summed E-state index contributed by atoms with van der Waals surface area (Å²) < 4.78 is 0. The summed E-state index contributed by atoms with van der Waals surface area (Å²) in [6.07, 6.45) is 5.67. The number of nitrogens with one attached hydrogen (secondary N) is 2. The van der Waals surface area contributed by atoms with Crippen LogP contribution < -0.4 is 10.6 Å². The first kappa shape index (κ1) is 14.0. The third-order valence-electron chi connectivity index (χ3n) is 2.55. The molecule has 0 bridgehead atoms. The number of hydrogen-bond donors (Lipinski definition) is 2. The number of unbranched alkanes of at least 4 members (excludes halogenated alkanes) is 3. The average molecular weight is 254 g/mol. The van der Waals surface area contributed by atoms with Gasteiger partial charge in [-0.3, -0.25) is 0 Å². The fourth-order valence-electron chi connectivity index (χ4n) is 1.57. The molecule has 2 amide bonds. The Balaban J connectivity index is 1.94. The number of carbonyl (C=O) groups is 1. The highest BCUT2D eigenvalue weighted by Gasteiger charge is 1.99. The van der Waals surface area contributed by atoms with Gasteiger partial charge >= 0.3 is 6.03 Å². The molecule has 0 saturated carbocycles. The number of amides is 2. The Morgan fingerprint density at radius 3 is 2.76 bits per heavy atom. The van der Waals surface area contributed by atoms with Gasteiger partial charge in [-0.05, 0) is 24.3 Å². The standard InChI is InChI=1S/C13H22N2OS/c1-2-3-4-5-9-14-13(16)15-10-8-12-7-6-11-17-12/h6-7,11H,2-5,8-10H2,1H3,(H2,14,15,16). The first-order chi connectivity index (χ1) is 8.33. The number of thiophene rings is 1. The monoisotopic (exact) mass is 254 g/mol. The molecule has 4 heteroatoms. The van der Waals surface area contributed by atoms with E-state index in [1.54, 1.807) is 11.3 Å². The minimum Gasteiger partial charge on any atom is -0.338 e. The van der Waals surface area contributed by atoms with Crippen molar-refractivity contribution in [2.24, 2.45) is 0 Å².